The largest absolute Gasteiger partial charge is 0.493 e. The smallest absolute Gasteiger partial charge is 0.221 e. The van der Waals surface area contributed by atoms with Crippen LogP contribution < -0.4 is 15.8 Å². The minimum atomic E-state index is -0.326. The lowest BCUT2D eigenvalue weighted by atomic mass is 10.0. The van der Waals surface area contributed by atoms with Crippen molar-refractivity contribution in [1.29, 1.82) is 0 Å². The Morgan fingerprint density at radius 3 is 2.86 bits per heavy atom. The molecule has 0 aliphatic heterocycles. The lowest BCUT2D eigenvalue weighted by Crippen LogP contribution is -2.24. The van der Waals surface area contributed by atoms with Gasteiger partial charge in [-0.1, -0.05) is 32.1 Å². The van der Waals surface area contributed by atoms with Crippen molar-refractivity contribution in [1.82, 2.24) is 5.32 Å². The van der Waals surface area contributed by atoms with E-state index in [0.29, 0.717) is 19.1 Å². The van der Waals surface area contributed by atoms with E-state index in [2.05, 4.69) is 25.7 Å². The highest BCUT2D eigenvalue weighted by Gasteiger charge is 2.06. The first kappa shape index (κ1) is 17.2. The van der Waals surface area contributed by atoms with Gasteiger partial charge in [-0.25, -0.2) is 0 Å². The minimum absolute atomic E-state index is 0.253. The van der Waals surface area contributed by atoms with Gasteiger partial charge in [0.15, 0.2) is 0 Å². The molecular weight excluding hydrogens is 264 g/mol. The Labute approximate surface area is 127 Å². The van der Waals surface area contributed by atoms with Crippen molar-refractivity contribution >= 4 is 5.91 Å². The van der Waals surface area contributed by atoms with Gasteiger partial charge in [-0.2, -0.15) is 0 Å². The van der Waals surface area contributed by atoms with Gasteiger partial charge in [-0.05, 0) is 36.6 Å². The fourth-order valence-corrected chi connectivity index (χ4v) is 2.04. The Morgan fingerprint density at radius 1 is 1.48 bits per heavy atom. The number of amides is 1. The summed E-state index contributed by atoms with van der Waals surface area (Å²) in [5.74, 6) is 0.528. The van der Waals surface area contributed by atoms with E-state index in [1.54, 1.807) is 0 Å². The first-order valence-corrected chi connectivity index (χ1v) is 7.40. The highest BCUT2D eigenvalue weighted by Crippen LogP contribution is 2.21. The summed E-state index contributed by atoms with van der Waals surface area (Å²) in [5, 5.41) is 3.35. The molecule has 0 heterocycles. The van der Waals surface area contributed by atoms with Crippen LogP contribution in [-0.4, -0.2) is 25.1 Å². The molecule has 0 unspecified atom stereocenters. The van der Waals surface area contributed by atoms with Crippen molar-refractivity contribution in [3.05, 3.63) is 42.0 Å². The van der Waals surface area contributed by atoms with Crippen LogP contribution in [0.15, 0.2) is 30.9 Å². The van der Waals surface area contributed by atoms with E-state index in [1.807, 2.05) is 24.3 Å². The maximum atomic E-state index is 11.0. The van der Waals surface area contributed by atoms with Crippen LogP contribution in [0.3, 0.4) is 0 Å². The highest BCUT2D eigenvalue weighted by atomic mass is 16.5. The number of nitrogens with two attached hydrogens (primary N) is 1. The topological polar surface area (TPSA) is 64.4 Å². The molecular formula is C17H26N2O2. The Kier molecular flexibility index (Phi) is 7.54. The molecule has 1 aromatic rings. The molecule has 0 fully saturated rings. The third-order valence-electron chi connectivity index (χ3n) is 3.00. The van der Waals surface area contributed by atoms with Crippen molar-refractivity contribution < 1.29 is 9.53 Å². The fourth-order valence-electron chi connectivity index (χ4n) is 2.04. The lowest BCUT2D eigenvalue weighted by Gasteiger charge is -2.13. The van der Waals surface area contributed by atoms with E-state index in [-0.39, 0.29) is 12.3 Å². The number of primary amides is 1. The fraction of sp³-hybridized carbons (Fsp3) is 0.471. The van der Waals surface area contributed by atoms with Crippen molar-refractivity contribution in [3.8, 4) is 5.75 Å². The molecule has 0 atom stereocenters. The van der Waals surface area contributed by atoms with E-state index in [4.69, 9.17) is 10.5 Å². The highest BCUT2D eigenvalue weighted by molar-refractivity contribution is 5.76. The number of carbonyl (C=O) groups excluding carboxylic acids is 1. The maximum Gasteiger partial charge on any atom is 0.221 e. The SMILES string of the molecule is C=CCc1cc(CC(N)=O)ccc1OCCCNC(C)C. The van der Waals surface area contributed by atoms with Gasteiger partial charge in [0, 0.05) is 6.04 Å². The molecule has 0 spiro atoms. The zero-order chi connectivity index (χ0) is 15.7. The van der Waals surface area contributed by atoms with Crippen molar-refractivity contribution in [3.63, 3.8) is 0 Å². The van der Waals surface area contributed by atoms with Gasteiger partial charge in [-0.3, -0.25) is 4.79 Å². The second-order valence-electron chi connectivity index (χ2n) is 5.39. The van der Waals surface area contributed by atoms with Crippen molar-refractivity contribution in [2.75, 3.05) is 13.2 Å². The van der Waals surface area contributed by atoms with E-state index < -0.39 is 0 Å². The van der Waals surface area contributed by atoms with Crippen LogP contribution in [0.4, 0.5) is 0 Å². The summed E-state index contributed by atoms with van der Waals surface area (Å²) in [5.41, 5.74) is 7.18. The molecule has 0 aliphatic carbocycles. The first-order chi connectivity index (χ1) is 10.0. The molecule has 0 saturated heterocycles. The van der Waals surface area contributed by atoms with Crippen molar-refractivity contribution in [2.45, 2.75) is 39.2 Å². The zero-order valence-corrected chi connectivity index (χ0v) is 13.0. The molecule has 0 aromatic heterocycles. The molecule has 0 radical (unpaired) electrons. The monoisotopic (exact) mass is 290 g/mol. The minimum Gasteiger partial charge on any atom is -0.493 e. The molecule has 0 aliphatic rings. The van der Waals surface area contributed by atoms with Crippen LogP contribution in [0, 0.1) is 0 Å². The lowest BCUT2D eigenvalue weighted by molar-refractivity contribution is -0.117. The van der Waals surface area contributed by atoms with E-state index in [0.717, 1.165) is 29.8 Å². The molecule has 0 bridgehead atoms. The second-order valence-corrected chi connectivity index (χ2v) is 5.39. The average molecular weight is 290 g/mol. The number of ether oxygens (including phenoxy) is 1. The average Bonchev–Trinajstić information content (AvgIpc) is 2.40. The van der Waals surface area contributed by atoms with Crippen LogP contribution in [0.1, 0.15) is 31.4 Å². The molecule has 4 heteroatoms. The molecule has 21 heavy (non-hydrogen) atoms. The van der Waals surface area contributed by atoms with E-state index in [1.165, 1.54) is 0 Å². The van der Waals surface area contributed by atoms with Gasteiger partial charge in [0.2, 0.25) is 5.91 Å². The quantitative estimate of drug-likeness (QED) is 0.513. The summed E-state index contributed by atoms with van der Waals surface area (Å²) < 4.78 is 5.83. The van der Waals surface area contributed by atoms with Crippen LogP contribution in [0.5, 0.6) is 5.75 Å². The van der Waals surface area contributed by atoms with E-state index in [9.17, 15) is 4.79 Å². The Balaban J connectivity index is 2.59. The summed E-state index contributed by atoms with van der Waals surface area (Å²) in [7, 11) is 0. The van der Waals surface area contributed by atoms with E-state index >= 15 is 0 Å². The predicted molar refractivity (Wildman–Crippen MR) is 86.5 cm³/mol. The Hall–Kier alpha value is -1.81. The zero-order valence-electron chi connectivity index (χ0n) is 13.0. The summed E-state index contributed by atoms with van der Waals surface area (Å²) in [6.45, 7) is 9.62. The normalized spacial score (nSPS) is 10.6. The van der Waals surface area contributed by atoms with Gasteiger partial charge >= 0.3 is 0 Å². The van der Waals surface area contributed by atoms with Crippen molar-refractivity contribution in [2.24, 2.45) is 5.73 Å². The second kappa shape index (κ2) is 9.19. The van der Waals surface area contributed by atoms with Crippen LogP contribution in [-0.2, 0) is 17.6 Å². The number of nitrogens with one attached hydrogen (secondary N) is 1. The predicted octanol–water partition coefficient (Wildman–Crippen LogP) is 2.21. The van der Waals surface area contributed by atoms with Gasteiger partial charge in [-0.15, -0.1) is 6.58 Å². The van der Waals surface area contributed by atoms with Gasteiger partial charge in [0.05, 0.1) is 13.0 Å². The summed E-state index contributed by atoms with van der Waals surface area (Å²) in [6, 6.07) is 6.26. The first-order valence-electron chi connectivity index (χ1n) is 7.40. The Morgan fingerprint density at radius 2 is 2.24 bits per heavy atom. The molecule has 3 N–H and O–H groups in total. The Bertz CT molecular complexity index is 470. The van der Waals surface area contributed by atoms with Gasteiger partial charge in [0.25, 0.3) is 0 Å². The molecule has 1 amide bonds. The standard InChI is InChI=1S/C17H26N2O2/c1-4-6-15-11-14(12-17(18)20)7-8-16(15)21-10-5-9-19-13(2)3/h4,7-8,11,13,19H,1,5-6,9-10,12H2,2-3H3,(H2,18,20). The molecule has 116 valence electrons. The molecule has 1 aromatic carbocycles. The number of carbonyl (C=O) groups is 1. The van der Waals surface area contributed by atoms with Crippen LogP contribution in [0.25, 0.3) is 0 Å². The number of hydrogen-bond donors (Lipinski definition) is 2. The van der Waals surface area contributed by atoms with Crippen LogP contribution >= 0.6 is 0 Å². The van der Waals surface area contributed by atoms with Gasteiger partial charge < -0.3 is 15.8 Å². The molecule has 1 rings (SSSR count). The number of hydrogen-bond acceptors (Lipinski definition) is 3. The molecule has 0 saturated carbocycles. The third kappa shape index (κ3) is 6.95. The summed E-state index contributed by atoms with van der Waals surface area (Å²) in [6.07, 6.45) is 3.75. The maximum absolute atomic E-state index is 11.0. The third-order valence-corrected chi connectivity index (χ3v) is 3.00. The summed E-state index contributed by atoms with van der Waals surface area (Å²) in [4.78, 5) is 11.0. The van der Waals surface area contributed by atoms with Gasteiger partial charge in [0.1, 0.15) is 5.75 Å². The number of allylic oxidation sites excluding steroid dienone is 1. The van der Waals surface area contributed by atoms with Crippen LogP contribution in [0.2, 0.25) is 0 Å². The molecule has 4 nitrogen and oxygen atoms in total. The number of benzene rings is 1. The number of rotatable bonds is 10. The summed E-state index contributed by atoms with van der Waals surface area (Å²) >= 11 is 0.